The van der Waals surface area contributed by atoms with E-state index in [4.69, 9.17) is 0 Å². The molecule has 0 spiro atoms. The summed E-state index contributed by atoms with van der Waals surface area (Å²) in [6.07, 6.45) is 0. The van der Waals surface area contributed by atoms with E-state index in [0.29, 0.717) is 0 Å². The van der Waals surface area contributed by atoms with Gasteiger partial charge in [-0.2, -0.15) is 0 Å². The Hall–Kier alpha value is -1.52. The first-order chi connectivity index (χ1) is 7.25. The van der Waals surface area contributed by atoms with Gasteiger partial charge in [0.05, 0.1) is 4.88 Å². The third-order valence-corrected chi connectivity index (χ3v) is 3.34. The number of rotatable bonds is 0. The van der Waals surface area contributed by atoms with E-state index in [1.807, 2.05) is 30.3 Å². The van der Waals surface area contributed by atoms with Gasteiger partial charge in [-0.15, -0.1) is 11.3 Å². The van der Waals surface area contributed by atoms with E-state index in [1.54, 1.807) is 11.3 Å². The fourth-order valence-electron chi connectivity index (χ4n) is 1.29. The van der Waals surface area contributed by atoms with Gasteiger partial charge in [-0.25, -0.2) is 0 Å². The van der Waals surface area contributed by atoms with Crippen molar-refractivity contribution in [3.8, 4) is 11.8 Å². The Bertz CT molecular complexity index is 490. The minimum absolute atomic E-state index is 1.07. The largest absolute Gasteiger partial charge is 0.132 e. The lowest BCUT2D eigenvalue weighted by Gasteiger charge is -1.85. The van der Waals surface area contributed by atoms with Crippen molar-refractivity contribution in [1.82, 2.24) is 0 Å². The average Bonchev–Trinajstić information content (AvgIpc) is 2.57. The summed E-state index contributed by atoms with van der Waals surface area (Å²) >= 11 is 1.76. The lowest BCUT2D eigenvalue weighted by Crippen LogP contribution is -1.70. The number of aryl methyl sites for hydroxylation is 2. The molecule has 0 aliphatic heterocycles. The Labute approximate surface area is 94.6 Å². The van der Waals surface area contributed by atoms with Gasteiger partial charge in [-0.3, -0.25) is 0 Å². The lowest BCUT2D eigenvalue weighted by molar-refractivity contribution is 1.44. The van der Waals surface area contributed by atoms with E-state index < -0.39 is 0 Å². The molecule has 0 amide bonds. The number of benzene rings is 1. The highest BCUT2D eigenvalue weighted by Gasteiger charge is 1.97. The Kier molecular flexibility index (Phi) is 2.89. The van der Waals surface area contributed by atoms with E-state index >= 15 is 0 Å². The maximum Gasteiger partial charge on any atom is 0.0777 e. The fourth-order valence-corrected chi connectivity index (χ4v) is 2.18. The third-order valence-electron chi connectivity index (χ3n) is 2.27. The van der Waals surface area contributed by atoms with Crippen molar-refractivity contribution in [3.05, 3.63) is 57.3 Å². The second-order valence-corrected chi connectivity index (χ2v) is 4.72. The molecule has 0 atom stereocenters. The smallest absolute Gasteiger partial charge is 0.0777 e. The molecule has 15 heavy (non-hydrogen) atoms. The van der Waals surface area contributed by atoms with Gasteiger partial charge < -0.3 is 0 Å². The molecule has 2 rings (SSSR count). The lowest BCUT2D eigenvalue weighted by atomic mass is 10.2. The van der Waals surface area contributed by atoms with Crippen LogP contribution in [0, 0.1) is 25.7 Å². The van der Waals surface area contributed by atoms with Gasteiger partial charge >= 0.3 is 0 Å². The van der Waals surface area contributed by atoms with Crippen LogP contribution in [-0.4, -0.2) is 0 Å². The van der Waals surface area contributed by atoms with Gasteiger partial charge in [-0.1, -0.05) is 30.0 Å². The highest BCUT2D eigenvalue weighted by Crippen LogP contribution is 2.19. The van der Waals surface area contributed by atoms with Gasteiger partial charge in [0.25, 0.3) is 0 Å². The van der Waals surface area contributed by atoms with Crippen LogP contribution < -0.4 is 0 Å². The third kappa shape index (κ3) is 2.49. The Morgan fingerprint density at radius 2 is 1.73 bits per heavy atom. The molecule has 0 saturated carbocycles. The van der Waals surface area contributed by atoms with Gasteiger partial charge in [0.15, 0.2) is 0 Å². The first-order valence-electron chi connectivity index (χ1n) is 4.90. The molecule has 1 heterocycles. The minimum atomic E-state index is 1.07. The zero-order chi connectivity index (χ0) is 10.7. The van der Waals surface area contributed by atoms with Gasteiger partial charge in [0.1, 0.15) is 0 Å². The zero-order valence-corrected chi connectivity index (χ0v) is 9.69. The molecule has 74 valence electrons. The average molecular weight is 212 g/mol. The van der Waals surface area contributed by atoms with Gasteiger partial charge in [0.2, 0.25) is 0 Å². The summed E-state index contributed by atoms with van der Waals surface area (Å²) in [6, 6.07) is 12.2. The Morgan fingerprint density at radius 3 is 2.33 bits per heavy atom. The molecular weight excluding hydrogens is 200 g/mol. The summed E-state index contributed by atoms with van der Waals surface area (Å²) < 4.78 is 0. The molecular formula is C14H12S. The standard InChI is InChI=1S/C14H12S/c1-11-10-14(15-12(11)2)9-8-13-6-4-3-5-7-13/h3-7,10H,1-2H3. The van der Waals surface area contributed by atoms with Crippen LogP contribution in [0.4, 0.5) is 0 Å². The fraction of sp³-hybridized carbons (Fsp3) is 0.143. The molecule has 1 aromatic carbocycles. The summed E-state index contributed by atoms with van der Waals surface area (Å²) in [5.41, 5.74) is 2.40. The van der Waals surface area contributed by atoms with Crippen LogP contribution in [0.3, 0.4) is 0 Å². The normalized spacial score (nSPS) is 9.47. The van der Waals surface area contributed by atoms with Crippen LogP contribution in [0.25, 0.3) is 0 Å². The van der Waals surface area contributed by atoms with E-state index in [0.717, 1.165) is 10.4 Å². The van der Waals surface area contributed by atoms with Crippen molar-refractivity contribution < 1.29 is 0 Å². The zero-order valence-electron chi connectivity index (χ0n) is 8.87. The van der Waals surface area contributed by atoms with Crippen LogP contribution >= 0.6 is 11.3 Å². The van der Waals surface area contributed by atoms with Crippen molar-refractivity contribution in [1.29, 1.82) is 0 Å². The highest BCUT2D eigenvalue weighted by molar-refractivity contribution is 7.12. The summed E-state index contributed by atoms with van der Waals surface area (Å²) in [6.45, 7) is 4.26. The summed E-state index contributed by atoms with van der Waals surface area (Å²) in [5, 5.41) is 0. The predicted octanol–water partition coefficient (Wildman–Crippen LogP) is 3.76. The molecule has 0 aliphatic carbocycles. The van der Waals surface area contributed by atoms with Gasteiger partial charge in [-0.05, 0) is 37.6 Å². The molecule has 0 radical (unpaired) electrons. The van der Waals surface area contributed by atoms with E-state index in [1.165, 1.54) is 10.4 Å². The van der Waals surface area contributed by atoms with Crippen molar-refractivity contribution in [2.24, 2.45) is 0 Å². The van der Waals surface area contributed by atoms with E-state index in [2.05, 4.69) is 31.8 Å². The van der Waals surface area contributed by atoms with Crippen molar-refractivity contribution in [3.63, 3.8) is 0 Å². The Morgan fingerprint density at radius 1 is 1.00 bits per heavy atom. The topological polar surface area (TPSA) is 0 Å². The maximum atomic E-state index is 3.19. The van der Waals surface area contributed by atoms with Crippen LogP contribution in [0.1, 0.15) is 20.9 Å². The summed E-state index contributed by atoms with van der Waals surface area (Å²) in [7, 11) is 0. The van der Waals surface area contributed by atoms with Crippen LogP contribution in [0.2, 0.25) is 0 Å². The molecule has 1 heteroatoms. The molecule has 0 unspecified atom stereocenters. The molecule has 2 aromatic rings. The first kappa shape index (κ1) is 10.0. The Balaban J connectivity index is 2.26. The second kappa shape index (κ2) is 4.33. The predicted molar refractivity (Wildman–Crippen MR) is 66.2 cm³/mol. The molecule has 1 aromatic heterocycles. The number of hydrogen-bond donors (Lipinski definition) is 0. The molecule has 0 N–H and O–H groups in total. The number of thiophene rings is 1. The second-order valence-electron chi connectivity index (χ2n) is 3.47. The number of hydrogen-bond acceptors (Lipinski definition) is 1. The molecule has 0 fully saturated rings. The SMILES string of the molecule is Cc1cc(C#Cc2ccccc2)sc1C. The van der Waals surface area contributed by atoms with Crippen molar-refractivity contribution >= 4 is 11.3 Å². The van der Waals surface area contributed by atoms with E-state index in [9.17, 15) is 0 Å². The minimum Gasteiger partial charge on any atom is -0.132 e. The summed E-state index contributed by atoms with van der Waals surface area (Å²) in [4.78, 5) is 2.50. The molecule has 0 bridgehead atoms. The monoisotopic (exact) mass is 212 g/mol. The van der Waals surface area contributed by atoms with Crippen molar-refractivity contribution in [2.45, 2.75) is 13.8 Å². The highest BCUT2D eigenvalue weighted by atomic mass is 32.1. The van der Waals surface area contributed by atoms with Crippen LogP contribution in [-0.2, 0) is 0 Å². The summed E-state index contributed by atoms with van der Waals surface area (Å²) in [5.74, 6) is 6.35. The van der Waals surface area contributed by atoms with Crippen LogP contribution in [0.5, 0.6) is 0 Å². The molecule has 0 saturated heterocycles. The van der Waals surface area contributed by atoms with Crippen LogP contribution in [0.15, 0.2) is 36.4 Å². The molecule has 0 aliphatic rings. The molecule has 0 nitrogen and oxygen atoms in total. The quantitative estimate of drug-likeness (QED) is 0.583. The van der Waals surface area contributed by atoms with Gasteiger partial charge in [0, 0.05) is 10.4 Å². The van der Waals surface area contributed by atoms with E-state index in [-0.39, 0.29) is 0 Å². The maximum absolute atomic E-state index is 3.19. The van der Waals surface area contributed by atoms with Crippen molar-refractivity contribution in [2.75, 3.05) is 0 Å². The first-order valence-corrected chi connectivity index (χ1v) is 5.71.